The zero-order valence-electron chi connectivity index (χ0n) is 15.7. The first kappa shape index (κ1) is 19.1. The fourth-order valence-electron chi connectivity index (χ4n) is 3.05. The van der Waals surface area contributed by atoms with Crippen LogP contribution in [0.1, 0.15) is 36.8 Å². The number of hydrogen-bond acceptors (Lipinski definition) is 6. The first-order valence-corrected chi connectivity index (χ1v) is 9.07. The SMILES string of the molecule is O=C(COC(=O)c1ccc2c(c1)C(=O)N(Cc1ccco1)C2=O)Nc1ccccc1. The van der Waals surface area contributed by atoms with Crippen molar-refractivity contribution < 1.29 is 28.3 Å². The van der Waals surface area contributed by atoms with Gasteiger partial charge in [0.2, 0.25) is 0 Å². The van der Waals surface area contributed by atoms with E-state index in [9.17, 15) is 19.2 Å². The fourth-order valence-corrected chi connectivity index (χ4v) is 3.05. The van der Waals surface area contributed by atoms with Crippen LogP contribution in [0.5, 0.6) is 0 Å². The van der Waals surface area contributed by atoms with Crippen LogP contribution in [-0.4, -0.2) is 35.2 Å². The highest BCUT2D eigenvalue weighted by molar-refractivity contribution is 6.21. The Kier molecular flexibility index (Phi) is 5.13. The van der Waals surface area contributed by atoms with Gasteiger partial charge >= 0.3 is 5.97 Å². The van der Waals surface area contributed by atoms with E-state index in [2.05, 4.69) is 5.32 Å². The summed E-state index contributed by atoms with van der Waals surface area (Å²) in [5.74, 6) is -1.79. The summed E-state index contributed by atoms with van der Waals surface area (Å²) in [5, 5.41) is 2.60. The van der Waals surface area contributed by atoms with Crippen LogP contribution >= 0.6 is 0 Å². The van der Waals surface area contributed by atoms with E-state index in [-0.39, 0.29) is 23.2 Å². The molecule has 1 aliphatic heterocycles. The molecule has 1 N–H and O–H groups in total. The maximum Gasteiger partial charge on any atom is 0.338 e. The number of ether oxygens (including phenoxy) is 1. The standard InChI is InChI=1S/C22H16N2O6/c25-19(23-15-5-2-1-3-6-15)13-30-22(28)14-8-9-17-18(11-14)21(27)24(20(17)26)12-16-7-4-10-29-16/h1-11H,12-13H2,(H,23,25). The molecule has 2 aromatic carbocycles. The van der Waals surface area contributed by atoms with Crippen molar-refractivity contribution in [2.75, 3.05) is 11.9 Å². The van der Waals surface area contributed by atoms with Gasteiger partial charge in [0, 0.05) is 5.69 Å². The van der Waals surface area contributed by atoms with Crippen molar-refractivity contribution >= 4 is 29.4 Å². The van der Waals surface area contributed by atoms with E-state index in [0.29, 0.717) is 11.4 Å². The first-order valence-electron chi connectivity index (χ1n) is 9.07. The summed E-state index contributed by atoms with van der Waals surface area (Å²) >= 11 is 0. The van der Waals surface area contributed by atoms with Crippen molar-refractivity contribution in [2.45, 2.75) is 6.54 Å². The number of nitrogens with one attached hydrogen (secondary N) is 1. The molecular weight excluding hydrogens is 388 g/mol. The van der Waals surface area contributed by atoms with Crippen LogP contribution < -0.4 is 5.32 Å². The quantitative estimate of drug-likeness (QED) is 0.500. The molecule has 1 aromatic heterocycles. The van der Waals surface area contributed by atoms with Gasteiger partial charge in [-0.25, -0.2) is 4.79 Å². The molecule has 0 saturated heterocycles. The summed E-state index contributed by atoms with van der Waals surface area (Å²) in [5.41, 5.74) is 0.957. The highest BCUT2D eigenvalue weighted by Gasteiger charge is 2.36. The average Bonchev–Trinajstić information content (AvgIpc) is 3.35. The second-order valence-corrected chi connectivity index (χ2v) is 6.53. The summed E-state index contributed by atoms with van der Waals surface area (Å²) in [6.45, 7) is -0.485. The van der Waals surface area contributed by atoms with Crippen molar-refractivity contribution in [1.82, 2.24) is 4.90 Å². The van der Waals surface area contributed by atoms with Gasteiger partial charge in [0.1, 0.15) is 5.76 Å². The maximum atomic E-state index is 12.6. The van der Waals surface area contributed by atoms with Crippen molar-refractivity contribution in [3.05, 3.63) is 89.4 Å². The minimum absolute atomic E-state index is 0.00121. The fraction of sp³-hybridized carbons (Fsp3) is 0.0909. The Hall–Kier alpha value is -4.20. The molecule has 0 bridgehead atoms. The summed E-state index contributed by atoms with van der Waals surface area (Å²) in [7, 11) is 0. The van der Waals surface area contributed by atoms with Gasteiger partial charge in [0.15, 0.2) is 6.61 Å². The van der Waals surface area contributed by atoms with E-state index < -0.39 is 30.3 Å². The molecule has 1 aliphatic rings. The third kappa shape index (κ3) is 3.83. The molecule has 0 fully saturated rings. The minimum Gasteiger partial charge on any atom is -0.467 e. The molecule has 0 spiro atoms. The number of carbonyl (C=O) groups excluding carboxylic acids is 4. The van der Waals surface area contributed by atoms with Crippen LogP contribution in [0.25, 0.3) is 0 Å². The summed E-state index contributed by atoms with van der Waals surface area (Å²) in [6.07, 6.45) is 1.45. The first-order chi connectivity index (χ1) is 14.5. The number of rotatable bonds is 6. The van der Waals surface area contributed by atoms with Gasteiger partial charge in [0.25, 0.3) is 17.7 Å². The normalized spacial score (nSPS) is 12.6. The molecule has 3 amide bonds. The number of benzene rings is 2. The Balaban J connectivity index is 1.41. The van der Waals surface area contributed by atoms with E-state index in [0.717, 1.165) is 4.90 Å². The van der Waals surface area contributed by atoms with Gasteiger partial charge < -0.3 is 14.5 Å². The van der Waals surface area contributed by atoms with Gasteiger partial charge in [-0.1, -0.05) is 18.2 Å². The Morgan fingerprint density at radius 3 is 2.43 bits per heavy atom. The van der Waals surface area contributed by atoms with Gasteiger partial charge in [-0.05, 0) is 42.5 Å². The van der Waals surface area contributed by atoms with Crippen LogP contribution in [0.3, 0.4) is 0 Å². The average molecular weight is 404 g/mol. The van der Waals surface area contributed by atoms with E-state index in [1.165, 1.54) is 24.5 Å². The van der Waals surface area contributed by atoms with Crippen LogP contribution in [0.15, 0.2) is 71.3 Å². The Labute approximate surface area is 171 Å². The number of anilines is 1. The second-order valence-electron chi connectivity index (χ2n) is 6.53. The molecule has 0 unspecified atom stereocenters. The Morgan fingerprint density at radius 1 is 0.933 bits per heavy atom. The van der Waals surface area contributed by atoms with Gasteiger partial charge in [0.05, 0.1) is 29.5 Å². The maximum absolute atomic E-state index is 12.6. The molecule has 0 saturated carbocycles. The van der Waals surface area contributed by atoms with Gasteiger partial charge in [-0.2, -0.15) is 0 Å². The number of furan rings is 1. The van der Waals surface area contributed by atoms with Crippen LogP contribution in [0.2, 0.25) is 0 Å². The van der Waals surface area contributed by atoms with Crippen LogP contribution in [0.4, 0.5) is 5.69 Å². The van der Waals surface area contributed by atoms with E-state index in [4.69, 9.17) is 9.15 Å². The van der Waals surface area contributed by atoms with E-state index in [1.54, 1.807) is 36.4 Å². The zero-order valence-corrected chi connectivity index (χ0v) is 15.7. The lowest BCUT2D eigenvalue weighted by Crippen LogP contribution is -2.28. The predicted molar refractivity (Wildman–Crippen MR) is 105 cm³/mol. The summed E-state index contributed by atoms with van der Waals surface area (Å²) in [6, 6.07) is 16.2. The lowest BCUT2D eigenvalue weighted by molar-refractivity contribution is -0.119. The lowest BCUT2D eigenvalue weighted by Gasteiger charge is -2.11. The van der Waals surface area contributed by atoms with Crippen molar-refractivity contribution in [2.24, 2.45) is 0 Å². The van der Waals surface area contributed by atoms with Crippen LogP contribution in [-0.2, 0) is 16.1 Å². The number of amides is 3. The molecule has 8 heteroatoms. The smallest absolute Gasteiger partial charge is 0.338 e. The summed E-state index contributed by atoms with van der Waals surface area (Å²) in [4.78, 5) is 50.4. The molecule has 30 heavy (non-hydrogen) atoms. The number of imide groups is 1. The Bertz CT molecular complexity index is 1120. The van der Waals surface area contributed by atoms with E-state index in [1.807, 2.05) is 6.07 Å². The van der Waals surface area contributed by atoms with Gasteiger partial charge in [-0.3, -0.25) is 19.3 Å². The lowest BCUT2D eigenvalue weighted by atomic mass is 10.1. The third-order valence-corrected chi connectivity index (χ3v) is 4.49. The van der Waals surface area contributed by atoms with Crippen molar-refractivity contribution in [1.29, 1.82) is 0 Å². The number of nitrogens with zero attached hydrogens (tertiary/aromatic N) is 1. The summed E-state index contributed by atoms with van der Waals surface area (Å²) < 4.78 is 10.2. The molecule has 2 heterocycles. The highest BCUT2D eigenvalue weighted by atomic mass is 16.5. The predicted octanol–water partition coefficient (Wildman–Crippen LogP) is 2.87. The largest absolute Gasteiger partial charge is 0.467 e. The number of carbonyl (C=O) groups is 4. The molecule has 0 radical (unpaired) electrons. The molecule has 8 nitrogen and oxygen atoms in total. The number of esters is 1. The molecule has 4 rings (SSSR count). The molecule has 0 atom stereocenters. The van der Waals surface area contributed by atoms with Gasteiger partial charge in [-0.15, -0.1) is 0 Å². The molecular formula is C22H16N2O6. The Morgan fingerprint density at radius 2 is 1.70 bits per heavy atom. The van der Waals surface area contributed by atoms with Crippen molar-refractivity contribution in [3.63, 3.8) is 0 Å². The molecule has 3 aromatic rings. The topological polar surface area (TPSA) is 106 Å². The van der Waals surface area contributed by atoms with E-state index >= 15 is 0 Å². The molecule has 150 valence electrons. The number of fused-ring (bicyclic) bond motifs is 1. The zero-order chi connectivity index (χ0) is 21.1. The highest BCUT2D eigenvalue weighted by Crippen LogP contribution is 2.26. The third-order valence-electron chi connectivity index (χ3n) is 4.49. The van der Waals surface area contributed by atoms with Crippen LogP contribution in [0, 0.1) is 0 Å². The second kappa shape index (κ2) is 8.04. The monoisotopic (exact) mass is 404 g/mol. The number of hydrogen-bond donors (Lipinski definition) is 1. The number of para-hydroxylation sites is 1. The minimum atomic E-state index is -0.772. The van der Waals surface area contributed by atoms with Crippen molar-refractivity contribution in [3.8, 4) is 0 Å². The molecule has 0 aliphatic carbocycles.